The fraction of sp³-hybridized carbons (Fsp3) is 0.556. The van der Waals surface area contributed by atoms with E-state index < -0.39 is 40.6 Å². The highest BCUT2D eigenvalue weighted by Gasteiger charge is 2.37. The van der Waals surface area contributed by atoms with Crippen LogP contribution in [0.3, 0.4) is 0 Å². The van der Waals surface area contributed by atoms with Crippen LogP contribution in [-0.2, 0) is 21.2 Å². The van der Waals surface area contributed by atoms with Crippen LogP contribution < -0.4 is 5.11 Å². The topological polar surface area (TPSA) is 97.1 Å². The van der Waals surface area contributed by atoms with Crippen LogP contribution in [0.25, 0.3) is 0 Å². The van der Waals surface area contributed by atoms with Gasteiger partial charge in [0, 0.05) is 17.7 Å². The van der Waals surface area contributed by atoms with Gasteiger partial charge < -0.3 is 14.8 Å². The summed E-state index contributed by atoms with van der Waals surface area (Å²) in [5.74, 6) is -2.23. The van der Waals surface area contributed by atoms with Crippen molar-refractivity contribution in [3.63, 3.8) is 0 Å². The molecule has 1 aromatic rings. The molecule has 1 saturated heterocycles. The molecular weight excluding hydrogens is 395 g/mol. The van der Waals surface area contributed by atoms with Crippen LogP contribution in [0.4, 0.5) is 13.2 Å². The molecule has 2 rings (SSSR count). The Morgan fingerprint density at radius 1 is 1.39 bits per heavy atom. The number of pyridine rings is 1. The van der Waals surface area contributed by atoms with Crippen molar-refractivity contribution in [2.75, 3.05) is 12.3 Å². The highest BCUT2D eigenvalue weighted by Crippen LogP contribution is 2.38. The fourth-order valence-electron chi connectivity index (χ4n) is 2.87. The van der Waals surface area contributed by atoms with Gasteiger partial charge in [0.1, 0.15) is 11.1 Å². The lowest BCUT2D eigenvalue weighted by Gasteiger charge is -2.25. The Morgan fingerprint density at radius 3 is 2.54 bits per heavy atom. The molecule has 0 aliphatic carbocycles. The molecule has 1 aliphatic heterocycles. The molecule has 0 bridgehead atoms. The minimum Gasteiger partial charge on any atom is -0.548 e. The van der Waals surface area contributed by atoms with E-state index in [2.05, 4.69) is 4.98 Å². The van der Waals surface area contributed by atoms with E-state index in [9.17, 15) is 33.1 Å². The third-order valence-electron chi connectivity index (χ3n) is 4.35. The number of likely N-dealkylation sites (tertiary alicyclic amines) is 1. The van der Waals surface area contributed by atoms with Crippen molar-refractivity contribution in [1.29, 1.82) is 5.26 Å². The Bertz CT molecular complexity index is 828. The van der Waals surface area contributed by atoms with Crippen LogP contribution in [0, 0.1) is 11.3 Å². The summed E-state index contributed by atoms with van der Waals surface area (Å²) in [5, 5.41) is 20.2. The second-order valence-corrected chi connectivity index (χ2v) is 8.41. The zero-order valence-corrected chi connectivity index (χ0v) is 16.4. The van der Waals surface area contributed by atoms with Gasteiger partial charge in [-0.05, 0) is 18.9 Å². The first-order valence-electron chi connectivity index (χ1n) is 8.52. The molecule has 1 aliphatic rings. The van der Waals surface area contributed by atoms with Crippen molar-refractivity contribution in [1.82, 2.24) is 9.88 Å². The standard InChI is InChI=1S/C18H20F3N3O3S/c1-17(2,3)13-7-11(18(19,20)21)10(8-22)15(23-13)28-9-14(25)24-6-4-5-12(24)16(26)27/h7,12H,4-6,9H2,1-3H3,(H,26,27)/p-1/t12-/m0/s1. The number of carbonyl (C=O) groups excluding carboxylic acids is 2. The van der Waals surface area contributed by atoms with Gasteiger partial charge in [-0.1, -0.05) is 32.5 Å². The van der Waals surface area contributed by atoms with Gasteiger partial charge >= 0.3 is 6.18 Å². The van der Waals surface area contributed by atoms with Gasteiger partial charge in [0.25, 0.3) is 0 Å². The molecule has 1 amide bonds. The zero-order chi connectivity index (χ0) is 21.3. The molecule has 152 valence electrons. The smallest absolute Gasteiger partial charge is 0.417 e. The Balaban J connectivity index is 2.35. The molecule has 0 unspecified atom stereocenters. The lowest BCUT2D eigenvalue weighted by Crippen LogP contribution is -2.47. The molecule has 2 heterocycles. The number of amides is 1. The van der Waals surface area contributed by atoms with E-state index in [0.29, 0.717) is 18.2 Å². The molecule has 0 radical (unpaired) electrons. The summed E-state index contributed by atoms with van der Waals surface area (Å²) in [4.78, 5) is 28.8. The molecule has 28 heavy (non-hydrogen) atoms. The first-order valence-corrected chi connectivity index (χ1v) is 9.50. The van der Waals surface area contributed by atoms with E-state index in [1.807, 2.05) is 0 Å². The van der Waals surface area contributed by atoms with Crippen molar-refractivity contribution in [3.8, 4) is 6.07 Å². The molecule has 1 aromatic heterocycles. The maximum absolute atomic E-state index is 13.4. The van der Waals surface area contributed by atoms with Gasteiger partial charge in [0.2, 0.25) is 5.91 Å². The molecular formula is C18H19F3N3O3S-. The van der Waals surface area contributed by atoms with E-state index >= 15 is 0 Å². The lowest BCUT2D eigenvalue weighted by atomic mass is 9.90. The number of carbonyl (C=O) groups is 2. The molecule has 0 N–H and O–H groups in total. The Kier molecular flexibility index (Phi) is 6.28. The summed E-state index contributed by atoms with van der Waals surface area (Å²) in [6.45, 7) is 5.31. The Hall–Kier alpha value is -2.28. The average Bonchev–Trinajstić information content (AvgIpc) is 3.07. The zero-order valence-electron chi connectivity index (χ0n) is 15.6. The highest BCUT2D eigenvalue weighted by atomic mass is 32.2. The van der Waals surface area contributed by atoms with Crippen LogP contribution in [-0.4, -0.2) is 40.1 Å². The van der Waals surface area contributed by atoms with Crippen molar-refractivity contribution in [3.05, 3.63) is 22.9 Å². The van der Waals surface area contributed by atoms with Crippen molar-refractivity contribution in [2.45, 2.75) is 56.3 Å². The van der Waals surface area contributed by atoms with Crippen molar-refractivity contribution < 1.29 is 27.9 Å². The first-order chi connectivity index (χ1) is 12.9. The summed E-state index contributed by atoms with van der Waals surface area (Å²) >= 11 is 0.703. The third kappa shape index (κ3) is 4.76. The summed E-state index contributed by atoms with van der Waals surface area (Å²) in [6.07, 6.45) is -3.96. The number of hydrogen-bond acceptors (Lipinski definition) is 6. The lowest BCUT2D eigenvalue weighted by molar-refractivity contribution is -0.310. The molecule has 6 nitrogen and oxygen atoms in total. The second kappa shape index (κ2) is 7.99. The maximum atomic E-state index is 13.4. The number of alkyl halides is 3. The fourth-order valence-corrected chi connectivity index (χ4v) is 3.75. The number of hydrogen-bond donors (Lipinski definition) is 0. The number of rotatable bonds is 4. The molecule has 1 fully saturated rings. The van der Waals surface area contributed by atoms with E-state index in [4.69, 9.17) is 0 Å². The number of halogens is 3. The van der Waals surface area contributed by atoms with Crippen LogP contribution >= 0.6 is 11.8 Å². The number of carboxylic acids is 1. The SMILES string of the molecule is CC(C)(C)c1cc(C(F)(F)F)c(C#N)c(SCC(=O)N2CCC[C@H]2C(=O)[O-])n1. The van der Waals surface area contributed by atoms with E-state index in [1.54, 1.807) is 20.8 Å². The van der Waals surface area contributed by atoms with Gasteiger partial charge in [-0.3, -0.25) is 4.79 Å². The Labute approximate surface area is 164 Å². The summed E-state index contributed by atoms with van der Waals surface area (Å²) < 4.78 is 40.3. The van der Waals surface area contributed by atoms with Crippen LogP contribution in [0.2, 0.25) is 0 Å². The van der Waals surface area contributed by atoms with E-state index in [1.165, 1.54) is 6.07 Å². The Morgan fingerprint density at radius 2 is 2.04 bits per heavy atom. The summed E-state index contributed by atoms with van der Waals surface area (Å²) in [6, 6.07) is 1.36. The first kappa shape index (κ1) is 22.0. The number of aliphatic carboxylic acids is 1. The normalized spacial score (nSPS) is 17.5. The van der Waals surface area contributed by atoms with Crippen molar-refractivity contribution >= 4 is 23.6 Å². The monoisotopic (exact) mass is 414 g/mol. The quantitative estimate of drug-likeness (QED) is 0.700. The number of carboxylic acid groups (broad SMARTS) is 1. The number of aromatic nitrogens is 1. The van der Waals surface area contributed by atoms with Gasteiger partial charge in [0.15, 0.2) is 0 Å². The van der Waals surface area contributed by atoms with Gasteiger partial charge in [0.05, 0.1) is 28.9 Å². The molecule has 0 saturated carbocycles. The third-order valence-corrected chi connectivity index (χ3v) is 5.31. The summed E-state index contributed by atoms with van der Waals surface area (Å²) in [5.41, 5.74) is -2.31. The predicted octanol–water partition coefficient (Wildman–Crippen LogP) is 2.10. The van der Waals surface area contributed by atoms with Crippen LogP contribution in [0.1, 0.15) is 50.4 Å². The van der Waals surface area contributed by atoms with Crippen LogP contribution in [0.15, 0.2) is 11.1 Å². The minimum absolute atomic E-state index is 0.141. The summed E-state index contributed by atoms with van der Waals surface area (Å²) in [7, 11) is 0. The maximum Gasteiger partial charge on any atom is 0.417 e. The van der Waals surface area contributed by atoms with Crippen LogP contribution in [0.5, 0.6) is 0 Å². The average molecular weight is 414 g/mol. The largest absolute Gasteiger partial charge is 0.548 e. The van der Waals surface area contributed by atoms with Gasteiger partial charge in [-0.2, -0.15) is 18.4 Å². The number of nitriles is 1. The molecule has 0 spiro atoms. The molecule has 1 atom stereocenters. The van der Waals surface area contributed by atoms with Crippen molar-refractivity contribution in [2.24, 2.45) is 0 Å². The number of nitrogens with zero attached hydrogens (tertiary/aromatic N) is 3. The number of thioether (sulfide) groups is 1. The van der Waals surface area contributed by atoms with E-state index in [-0.39, 0.29) is 29.4 Å². The predicted molar refractivity (Wildman–Crippen MR) is 93.1 cm³/mol. The van der Waals surface area contributed by atoms with E-state index in [0.717, 1.165) is 11.0 Å². The second-order valence-electron chi connectivity index (χ2n) is 7.45. The molecule has 10 heteroatoms. The van der Waals surface area contributed by atoms with Gasteiger partial charge in [-0.25, -0.2) is 4.98 Å². The minimum atomic E-state index is -4.75. The van der Waals surface area contributed by atoms with Gasteiger partial charge in [-0.15, -0.1) is 0 Å². The molecule has 0 aromatic carbocycles. The highest BCUT2D eigenvalue weighted by molar-refractivity contribution is 8.00.